The molecule has 0 spiro atoms. The Morgan fingerprint density at radius 3 is 3.06 bits per heavy atom. The molecule has 0 bridgehead atoms. The molecule has 2 rings (SSSR count). The van der Waals surface area contributed by atoms with Crippen LogP contribution in [0.4, 0.5) is 0 Å². The summed E-state index contributed by atoms with van der Waals surface area (Å²) in [5, 5.41) is 10.6. The molecule has 1 fully saturated rings. The number of aryl methyl sites for hydroxylation is 2. The predicted molar refractivity (Wildman–Crippen MR) is 64.1 cm³/mol. The average Bonchev–Trinajstić information content (AvgIpc) is 2.82. The van der Waals surface area contributed by atoms with Crippen molar-refractivity contribution in [2.24, 2.45) is 13.0 Å². The number of imidazole rings is 1. The Bertz CT molecular complexity index is 347. The van der Waals surface area contributed by atoms with Crippen molar-refractivity contribution in [3.63, 3.8) is 0 Å². The van der Waals surface area contributed by atoms with Crippen LogP contribution in [-0.2, 0) is 13.5 Å². The van der Waals surface area contributed by atoms with E-state index in [2.05, 4.69) is 11.9 Å². The first-order valence-electron chi connectivity index (χ1n) is 6.34. The number of hydrogen-bond donors (Lipinski definition) is 1. The van der Waals surface area contributed by atoms with Crippen LogP contribution < -0.4 is 0 Å². The van der Waals surface area contributed by atoms with Crippen LogP contribution in [0, 0.1) is 5.92 Å². The van der Waals surface area contributed by atoms with Crippen molar-refractivity contribution in [1.29, 1.82) is 0 Å². The van der Waals surface area contributed by atoms with E-state index in [9.17, 15) is 5.11 Å². The Balaban J connectivity index is 1.97. The van der Waals surface area contributed by atoms with Gasteiger partial charge in [-0.3, -0.25) is 0 Å². The Morgan fingerprint density at radius 2 is 2.44 bits per heavy atom. The van der Waals surface area contributed by atoms with Crippen LogP contribution in [0.15, 0.2) is 12.4 Å². The van der Waals surface area contributed by atoms with E-state index < -0.39 is 5.60 Å². The number of rotatable bonds is 4. The third kappa shape index (κ3) is 2.14. The zero-order valence-corrected chi connectivity index (χ0v) is 10.3. The Labute approximate surface area is 97.5 Å². The van der Waals surface area contributed by atoms with Crippen molar-refractivity contribution in [2.75, 3.05) is 0 Å². The molecule has 1 aliphatic carbocycles. The van der Waals surface area contributed by atoms with Crippen molar-refractivity contribution < 1.29 is 5.11 Å². The van der Waals surface area contributed by atoms with E-state index in [-0.39, 0.29) is 0 Å². The zero-order valence-electron chi connectivity index (χ0n) is 10.3. The molecule has 1 heterocycles. The van der Waals surface area contributed by atoms with Gasteiger partial charge in [0, 0.05) is 25.9 Å². The lowest BCUT2D eigenvalue weighted by molar-refractivity contribution is -0.00710. The molecule has 2 atom stereocenters. The minimum atomic E-state index is -0.430. The minimum absolute atomic E-state index is 0.430. The number of hydrogen-bond acceptors (Lipinski definition) is 2. The van der Waals surface area contributed by atoms with E-state index >= 15 is 0 Å². The summed E-state index contributed by atoms with van der Waals surface area (Å²) >= 11 is 0. The molecule has 90 valence electrons. The van der Waals surface area contributed by atoms with E-state index in [0.29, 0.717) is 5.92 Å². The Morgan fingerprint density at radius 1 is 1.62 bits per heavy atom. The minimum Gasteiger partial charge on any atom is -0.390 e. The molecule has 0 saturated heterocycles. The molecule has 1 aromatic heterocycles. The second-order valence-corrected chi connectivity index (χ2v) is 5.06. The number of nitrogens with zero attached hydrogens (tertiary/aromatic N) is 2. The van der Waals surface area contributed by atoms with Crippen molar-refractivity contribution in [1.82, 2.24) is 9.55 Å². The summed E-state index contributed by atoms with van der Waals surface area (Å²) in [5.74, 6) is 1.57. The highest BCUT2D eigenvalue weighted by atomic mass is 16.3. The first kappa shape index (κ1) is 11.6. The van der Waals surface area contributed by atoms with Gasteiger partial charge in [-0.15, -0.1) is 0 Å². The van der Waals surface area contributed by atoms with E-state index in [1.807, 2.05) is 24.0 Å². The number of aromatic nitrogens is 2. The second-order valence-electron chi connectivity index (χ2n) is 5.06. The summed E-state index contributed by atoms with van der Waals surface area (Å²) in [6.45, 7) is 2.18. The fraction of sp³-hybridized carbons (Fsp3) is 0.769. The van der Waals surface area contributed by atoms with Crippen LogP contribution in [-0.4, -0.2) is 20.3 Å². The molecule has 0 aliphatic heterocycles. The first-order valence-corrected chi connectivity index (χ1v) is 6.34. The fourth-order valence-electron chi connectivity index (χ4n) is 3.01. The second kappa shape index (κ2) is 4.58. The van der Waals surface area contributed by atoms with Crippen LogP contribution in [0.1, 0.15) is 44.9 Å². The molecule has 3 nitrogen and oxygen atoms in total. The third-order valence-electron chi connectivity index (χ3n) is 4.12. The molecular weight excluding hydrogens is 200 g/mol. The molecule has 1 aromatic rings. The van der Waals surface area contributed by atoms with Crippen molar-refractivity contribution >= 4 is 0 Å². The molecule has 0 amide bonds. The van der Waals surface area contributed by atoms with E-state index in [1.165, 1.54) is 12.8 Å². The van der Waals surface area contributed by atoms with E-state index in [1.54, 1.807) is 0 Å². The van der Waals surface area contributed by atoms with Gasteiger partial charge in [0.15, 0.2) is 0 Å². The molecule has 2 unspecified atom stereocenters. The van der Waals surface area contributed by atoms with Gasteiger partial charge in [-0.1, -0.05) is 19.8 Å². The van der Waals surface area contributed by atoms with Crippen LogP contribution in [0.3, 0.4) is 0 Å². The molecular formula is C13H22N2O. The van der Waals surface area contributed by atoms with Gasteiger partial charge in [0.2, 0.25) is 0 Å². The SMILES string of the molecule is CCC1CCCC1(O)CCc1nccn1C. The standard InChI is InChI=1S/C13H22N2O/c1-3-11-5-4-7-13(11,16)8-6-12-14-9-10-15(12)2/h9-11,16H,3-8H2,1-2H3. The monoisotopic (exact) mass is 222 g/mol. The van der Waals surface area contributed by atoms with Crippen LogP contribution in [0.2, 0.25) is 0 Å². The van der Waals surface area contributed by atoms with Gasteiger partial charge >= 0.3 is 0 Å². The molecule has 1 saturated carbocycles. The molecule has 3 heteroatoms. The summed E-state index contributed by atoms with van der Waals surface area (Å²) in [6, 6.07) is 0. The molecule has 1 aliphatic rings. The topological polar surface area (TPSA) is 38.1 Å². The van der Waals surface area contributed by atoms with Gasteiger partial charge in [-0.05, 0) is 25.2 Å². The highest BCUT2D eigenvalue weighted by Crippen LogP contribution is 2.40. The van der Waals surface area contributed by atoms with Crippen molar-refractivity contribution in [2.45, 2.75) is 51.0 Å². The zero-order chi connectivity index (χ0) is 11.6. The van der Waals surface area contributed by atoms with Gasteiger partial charge in [-0.25, -0.2) is 4.98 Å². The van der Waals surface area contributed by atoms with Crippen LogP contribution in [0.5, 0.6) is 0 Å². The smallest absolute Gasteiger partial charge is 0.108 e. The molecule has 1 N–H and O–H groups in total. The lowest BCUT2D eigenvalue weighted by atomic mass is 9.85. The van der Waals surface area contributed by atoms with Crippen molar-refractivity contribution in [3.8, 4) is 0 Å². The third-order valence-corrected chi connectivity index (χ3v) is 4.12. The first-order chi connectivity index (χ1) is 7.65. The highest BCUT2D eigenvalue weighted by Gasteiger charge is 2.39. The summed E-state index contributed by atoms with van der Waals surface area (Å²) in [6.07, 6.45) is 9.96. The van der Waals surface area contributed by atoms with E-state index in [0.717, 1.165) is 31.5 Å². The van der Waals surface area contributed by atoms with E-state index in [4.69, 9.17) is 0 Å². The van der Waals surface area contributed by atoms with Crippen molar-refractivity contribution in [3.05, 3.63) is 18.2 Å². The quantitative estimate of drug-likeness (QED) is 0.849. The fourth-order valence-corrected chi connectivity index (χ4v) is 3.01. The highest BCUT2D eigenvalue weighted by molar-refractivity contribution is 4.97. The molecule has 0 aromatic carbocycles. The molecule has 16 heavy (non-hydrogen) atoms. The Kier molecular flexibility index (Phi) is 3.33. The van der Waals surface area contributed by atoms with Gasteiger partial charge in [0.25, 0.3) is 0 Å². The molecule has 0 radical (unpaired) electrons. The predicted octanol–water partition coefficient (Wildman–Crippen LogP) is 2.29. The normalized spacial score (nSPS) is 29.8. The maximum absolute atomic E-state index is 10.6. The van der Waals surface area contributed by atoms with Gasteiger partial charge in [0.1, 0.15) is 5.82 Å². The summed E-state index contributed by atoms with van der Waals surface area (Å²) in [5.41, 5.74) is -0.430. The van der Waals surface area contributed by atoms with Gasteiger partial charge in [-0.2, -0.15) is 0 Å². The van der Waals surface area contributed by atoms with Gasteiger partial charge < -0.3 is 9.67 Å². The average molecular weight is 222 g/mol. The maximum atomic E-state index is 10.6. The van der Waals surface area contributed by atoms with Crippen LogP contribution in [0.25, 0.3) is 0 Å². The maximum Gasteiger partial charge on any atom is 0.108 e. The lowest BCUT2D eigenvalue weighted by Crippen LogP contribution is -2.33. The Hall–Kier alpha value is -0.830. The summed E-state index contributed by atoms with van der Waals surface area (Å²) in [4.78, 5) is 4.31. The lowest BCUT2D eigenvalue weighted by Gasteiger charge is -2.29. The van der Waals surface area contributed by atoms with Crippen LogP contribution >= 0.6 is 0 Å². The largest absolute Gasteiger partial charge is 0.390 e. The summed E-state index contributed by atoms with van der Waals surface area (Å²) < 4.78 is 2.04. The summed E-state index contributed by atoms with van der Waals surface area (Å²) in [7, 11) is 2.01. The van der Waals surface area contributed by atoms with Gasteiger partial charge in [0.05, 0.1) is 5.60 Å². The number of aliphatic hydroxyl groups is 1.